The van der Waals surface area contributed by atoms with E-state index in [9.17, 15) is 5.11 Å². The number of hydrogen-bond acceptors (Lipinski definition) is 7. The van der Waals surface area contributed by atoms with Gasteiger partial charge in [0.2, 0.25) is 5.82 Å². The lowest BCUT2D eigenvalue weighted by Crippen LogP contribution is -2.21. The van der Waals surface area contributed by atoms with Crippen LogP contribution in [0.15, 0.2) is 47.0 Å². The summed E-state index contributed by atoms with van der Waals surface area (Å²) in [6.45, 7) is 3.52. The van der Waals surface area contributed by atoms with Gasteiger partial charge in [0.1, 0.15) is 24.2 Å². The number of aromatic nitrogens is 2. The summed E-state index contributed by atoms with van der Waals surface area (Å²) >= 11 is 6.27. The number of benzene rings is 2. The van der Waals surface area contributed by atoms with Crippen molar-refractivity contribution in [1.82, 2.24) is 10.1 Å². The molecule has 0 spiro atoms. The first-order chi connectivity index (χ1) is 13.5. The van der Waals surface area contributed by atoms with E-state index in [1.54, 1.807) is 36.4 Å². The Morgan fingerprint density at radius 1 is 1.11 bits per heavy atom. The lowest BCUT2D eigenvalue weighted by Gasteiger charge is -2.11. The minimum Gasteiger partial charge on any atom is -0.491 e. The molecule has 0 aliphatic heterocycles. The quantitative estimate of drug-likeness (QED) is 0.592. The number of aliphatic hydroxyl groups excluding tert-OH is 2. The SMILES string of the molecule is CC(C)Oc1ccc(-c2noc(-c3ccc(OCC(O)CO)cc3)n2)cc1Cl. The number of hydrogen-bond donors (Lipinski definition) is 2. The van der Waals surface area contributed by atoms with Crippen LogP contribution in [0.5, 0.6) is 11.5 Å². The van der Waals surface area contributed by atoms with Crippen LogP contribution in [-0.2, 0) is 0 Å². The molecule has 2 N–H and O–H groups in total. The van der Waals surface area contributed by atoms with E-state index in [2.05, 4.69) is 10.1 Å². The first-order valence-corrected chi connectivity index (χ1v) is 9.16. The minimum absolute atomic E-state index is 0.0117. The van der Waals surface area contributed by atoms with Gasteiger partial charge in [-0.05, 0) is 56.3 Å². The summed E-state index contributed by atoms with van der Waals surface area (Å²) in [5.41, 5.74) is 1.44. The molecule has 28 heavy (non-hydrogen) atoms. The molecule has 0 bridgehead atoms. The van der Waals surface area contributed by atoms with Gasteiger partial charge in [-0.2, -0.15) is 4.98 Å². The summed E-state index contributed by atoms with van der Waals surface area (Å²) < 4.78 is 16.3. The predicted molar refractivity (Wildman–Crippen MR) is 105 cm³/mol. The highest BCUT2D eigenvalue weighted by Crippen LogP contribution is 2.31. The predicted octanol–water partition coefficient (Wildman–Crippen LogP) is 3.58. The van der Waals surface area contributed by atoms with Gasteiger partial charge >= 0.3 is 0 Å². The first kappa shape index (κ1) is 20.1. The zero-order valence-electron chi connectivity index (χ0n) is 15.5. The highest BCUT2D eigenvalue weighted by atomic mass is 35.5. The summed E-state index contributed by atoms with van der Waals surface area (Å²) in [4.78, 5) is 4.41. The molecule has 1 atom stereocenters. The molecule has 0 amide bonds. The lowest BCUT2D eigenvalue weighted by atomic mass is 10.2. The molecule has 8 heteroatoms. The molecule has 1 heterocycles. The number of aliphatic hydroxyl groups is 2. The third-order valence-electron chi connectivity index (χ3n) is 3.73. The summed E-state index contributed by atoms with van der Waals surface area (Å²) in [6.07, 6.45) is -0.888. The van der Waals surface area contributed by atoms with Crippen LogP contribution < -0.4 is 9.47 Å². The van der Waals surface area contributed by atoms with E-state index < -0.39 is 6.10 Å². The number of rotatable bonds is 8. The van der Waals surface area contributed by atoms with Crippen molar-refractivity contribution in [3.05, 3.63) is 47.5 Å². The molecular formula is C20H21ClN2O5. The van der Waals surface area contributed by atoms with Crippen LogP contribution in [0.2, 0.25) is 5.02 Å². The van der Waals surface area contributed by atoms with Crippen molar-refractivity contribution in [2.24, 2.45) is 0 Å². The standard InChI is InChI=1S/C20H21ClN2O5/c1-12(2)27-18-8-5-14(9-17(18)21)19-22-20(28-23-19)13-3-6-16(7-4-13)26-11-15(25)10-24/h3-9,12,15,24-25H,10-11H2,1-2H3. The molecule has 3 aromatic rings. The maximum atomic E-state index is 9.32. The van der Waals surface area contributed by atoms with Crippen LogP contribution in [0, 0.1) is 0 Å². The van der Waals surface area contributed by atoms with Crippen LogP contribution in [-0.4, -0.2) is 45.8 Å². The Balaban J connectivity index is 1.72. The zero-order valence-corrected chi connectivity index (χ0v) is 16.3. The van der Waals surface area contributed by atoms with Crippen LogP contribution in [0.4, 0.5) is 0 Å². The topological polar surface area (TPSA) is 97.8 Å². The second kappa shape index (κ2) is 9.05. The summed E-state index contributed by atoms with van der Waals surface area (Å²) in [5, 5.41) is 22.6. The second-order valence-electron chi connectivity index (χ2n) is 6.41. The number of halogens is 1. The largest absolute Gasteiger partial charge is 0.491 e. The fourth-order valence-corrected chi connectivity index (χ4v) is 2.61. The number of nitrogens with zero attached hydrogens (tertiary/aromatic N) is 2. The average Bonchev–Trinajstić information content (AvgIpc) is 3.18. The zero-order chi connectivity index (χ0) is 20.1. The van der Waals surface area contributed by atoms with Crippen LogP contribution >= 0.6 is 11.6 Å². The summed E-state index contributed by atoms with van der Waals surface area (Å²) in [5.74, 6) is 1.93. The van der Waals surface area contributed by atoms with Gasteiger partial charge in [0.05, 0.1) is 17.7 Å². The van der Waals surface area contributed by atoms with Crippen LogP contribution in [0.1, 0.15) is 13.8 Å². The fourth-order valence-electron chi connectivity index (χ4n) is 2.39. The van der Waals surface area contributed by atoms with Crippen molar-refractivity contribution < 1.29 is 24.2 Å². The van der Waals surface area contributed by atoms with Crippen LogP contribution in [0.3, 0.4) is 0 Å². The smallest absolute Gasteiger partial charge is 0.258 e. The molecule has 2 aromatic carbocycles. The molecule has 7 nitrogen and oxygen atoms in total. The van der Waals surface area contributed by atoms with Gasteiger partial charge in [0.15, 0.2) is 0 Å². The maximum Gasteiger partial charge on any atom is 0.258 e. The van der Waals surface area contributed by atoms with Crippen molar-refractivity contribution in [2.75, 3.05) is 13.2 Å². The third kappa shape index (κ3) is 5.01. The highest BCUT2D eigenvalue weighted by Gasteiger charge is 2.13. The molecule has 0 saturated carbocycles. The highest BCUT2D eigenvalue weighted by molar-refractivity contribution is 6.32. The van der Waals surface area contributed by atoms with Gasteiger partial charge in [-0.25, -0.2) is 0 Å². The van der Waals surface area contributed by atoms with Crippen LogP contribution in [0.25, 0.3) is 22.8 Å². The van der Waals surface area contributed by atoms with Gasteiger partial charge in [-0.1, -0.05) is 16.8 Å². The number of ether oxygens (including phenoxy) is 2. The second-order valence-corrected chi connectivity index (χ2v) is 6.81. The van der Waals surface area contributed by atoms with Crippen molar-refractivity contribution in [3.8, 4) is 34.3 Å². The van der Waals surface area contributed by atoms with Crippen molar-refractivity contribution in [3.63, 3.8) is 0 Å². The van der Waals surface area contributed by atoms with E-state index in [0.717, 1.165) is 5.56 Å². The molecule has 1 aromatic heterocycles. The molecule has 0 fully saturated rings. The van der Waals surface area contributed by atoms with Crippen molar-refractivity contribution >= 4 is 11.6 Å². The lowest BCUT2D eigenvalue weighted by molar-refractivity contribution is 0.0536. The molecule has 0 saturated heterocycles. The molecule has 148 valence electrons. The molecule has 0 radical (unpaired) electrons. The molecule has 0 aliphatic carbocycles. The van der Waals surface area contributed by atoms with E-state index >= 15 is 0 Å². The Morgan fingerprint density at radius 3 is 2.46 bits per heavy atom. The van der Waals surface area contributed by atoms with E-state index in [-0.39, 0.29) is 19.3 Å². The first-order valence-electron chi connectivity index (χ1n) is 8.78. The average molecular weight is 405 g/mol. The Labute approximate surface area is 167 Å². The van der Waals surface area contributed by atoms with E-state index in [1.807, 2.05) is 19.9 Å². The minimum atomic E-state index is -0.915. The van der Waals surface area contributed by atoms with Crippen molar-refractivity contribution in [2.45, 2.75) is 26.1 Å². The molecule has 1 unspecified atom stereocenters. The van der Waals surface area contributed by atoms with Gasteiger partial charge in [0, 0.05) is 11.1 Å². The van der Waals surface area contributed by atoms with E-state index in [4.69, 9.17) is 30.7 Å². The van der Waals surface area contributed by atoms with E-state index in [0.29, 0.717) is 33.8 Å². The molecular weight excluding hydrogens is 384 g/mol. The van der Waals surface area contributed by atoms with Gasteiger partial charge in [-0.15, -0.1) is 0 Å². The Kier molecular flexibility index (Phi) is 6.51. The Bertz CT molecular complexity index is 911. The summed E-state index contributed by atoms with van der Waals surface area (Å²) in [6, 6.07) is 12.3. The van der Waals surface area contributed by atoms with Gasteiger partial charge < -0.3 is 24.2 Å². The maximum absolute atomic E-state index is 9.32. The molecule has 0 aliphatic rings. The monoisotopic (exact) mass is 404 g/mol. The Morgan fingerprint density at radius 2 is 1.82 bits per heavy atom. The fraction of sp³-hybridized carbons (Fsp3) is 0.300. The van der Waals surface area contributed by atoms with Gasteiger partial charge in [-0.3, -0.25) is 0 Å². The summed E-state index contributed by atoms with van der Waals surface area (Å²) in [7, 11) is 0. The van der Waals surface area contributed by atoms with Crippen molar-refractivity contribution in [1.29, 1.82) is 0 Å². The van der Waals surface area contributed by atoms with E-state index in [1.165, 1.54) is 0 Å². The normalized spacial score (nSPS) is 12.2. The Hall–Kier alpha value is -2.61. The third-order valence-corrected chi connectivity index (χ3v) is 4.03. The molecule has 3 rings (SSSR count). The van der Waals surface area contributed by atoms with Gasteiger partial charge in [0.25, 0.3) is 5.89 Å².